The Kier molecular flexibility index (Phi) is 7.65. The van der Waals surface area contributed by atoms with Gasteiger partial charge in [0.1, 0.15) is 18.7 Å². The van der Waals surface area contributed by atoms with E-state index in [2.05, 4.69) is 5.32 Å². The van der Waals surface area contributed by atoms with Gasteiger partial charge in [-0.3, -0.25) is 14.5 Å². The SMILES string of the molecule is CC(C)=CC[C@H](NC(=O)[C@@H]1Cc2ccccc2CN1C(=O)OCc1ccccc1)C(N)=O. The Hall–Kier alpha value is -3.61. The van der Waals surface area contributed by atoms with E-state index in [4.69, 9.17) is 10.5 Å². The van der Waals surface area contributed by atoms with Crippen molar-refractivity contribution in [2.45, 2.75) is 51.9 Å². The van der Waals surface area contributed by atoms with Crippen LogP contribution in [0.2, 0.25) is 0 Å². The first-order valence-corrected chi connectivity index (χ1v) is 10.6. The van der Waals surface area contributed by atoms with Gasteiger partial charge < -0.3 is 15.8 Å². The minimum absolute atomic E-state index is 0.108. The highest BCUT2D eigenvalue weighted by Crippen LogP contribution is 2.24. The van der Waals surface area contributed by atoms with Gasteiger partial charge in [0.25, 0.3) is 0 Å². The molecule has 3 rings (SSSR count). The number of hydrogen-bond acceptors (Lipinski definition) is 4. The van der Waals surface area contributed by atoms with E-state index in [1.54, 1.807) is 0 Å². The van der Waals surface area contributed by atoms with Crippen molar-refractivity contribution < 1.29 is 19.1 Å². The molecule has 3 N–H and O–H groups in total. The van der Waals surface area contributed by atoms with Crippen molar-refractivity contribution in [3.8, 4) is 0 Å². The molecule has 2 aromatic carbocycles. The van der Waals surface area contributed by atoms with Crippen LogP contribution in [0.25, 0.3) is 0 Å². The third kappa shape index (κ3) is 5.97. The molecule has 0 aliphatic carbocycles. The Labute approximate surface area is 188 Å². The zero-order valence-corrected chi connectivity index (χ0v) is 18.4. The van der Waals surface area contributed by atoms with Gasteiger partial charge in [-0.25, -0.2) is 4.79 Å². The normalized spacial score (nSPS) is 15.8. The van der Waals surface area contributed by atoms with E-state index < -0.39 is 30.0 Å². The summed E-state index contributed by atoms with van der Waals surface area (Å²) < 4.78 is 5.50. The first kappa shape index (κ1) is 23.1. The third-order valence-corrected chi connectivity index (χ3v) is 5.41. The van der Waals surface area contributed by atoms with Crippen LogP contribution in [0.1, 0.15) is 37.0 Å². The summed E-state index contributed by atoms with van der Waals surface area (Å²) in [6.45, 7) is 4.17. The number of ether oxygens (including phenoxy) is 1. The Morgan fingerprint density at radius 1 is 1.09 bits per heavy atom. The molecule has 7 nitrogen and oxygen atoms in total. The number of nitrogens with one attached hydrogen (secondary N) is 1. The molecule has 0 aromatic heterocycles. The number of benzene rings is 2. The summed E-state index contributed by atoms with van der Waals surface area (Å²) in [7, 11) is 0. The van der Waals surface area contributed by atoms with Crippen molar-refractivity contribution in [3.63, 3.8) is 0 Å². The van der Waals surface area contributed by atoms with Crippen LogP contribution in [0.5, 0.6) is 0 Å². The van der Waals surface area contributed by atoms with Gasteiger partial charge in [0.15, 0.2) is 0 Å². The molecule has 1 aliphatic rings. The average Bonchev–Trinajstić information content (AvgIpc) is 2.79. The van der Waals surface area contributed by atoms with Gasteiger partial charge in [0, 0.05) is 6.42 Å². The summed E-state index contributed by atoms with van der Waals surface area (Å²) in [5.41, 5.74) is 9.32. The van der Waals surface area contributed by atoms with Crippen LogP contribution in [-0.2, 0) is 33.9 Å². The van der Waals surface area contributed by atoms with E-state index in [1.165, 1.54) is 4.90 Å². The average molecular weight is 436 g/mol. The quantitative estimate of drug-likeness (QED) is 0.653. The molecule has 1 aliphatic heterocycles. The van der Waals surface area contributed by atoms with Crippen LogP contribution in [-0.4, -0.2) is 34.9 Å². The second kappa shape index (κ2) is 10.6. The summed E-state index contributed by atoms with van der Waals surface area (Å²) in [6.07, 6.45) is 1.89. The Balaban J connectivity index is 1.78. The molecule has 0 saturated heterocycles. The van der Waals surface area contributed by atoms with Gasteiger partial charge in [-0.15, -0.1) is 0 Å². The number of primary amides is 1. The largest absolute Gasteiger partial charge is 0.445 e. The van der Waals surface area contributed by atoms with Crippen LogP contribution < -0.4 is 11.1 Å². The second-order valence-electron chi connectivity index (χ2n) is 8.14. The molecule has 1 heterocycles. The molecule has 168 valence electrons. The predicted molar refractivity (Wildman–Crippen MR) is 121 cm³/mol. The maximum absolute atomic E-state index is 13.2. The molecule has 0 unspecified atom stereocenters. The molecule has 2 aromatic rings. The molecule has 0 bridgehead atoms. The summed E-state index contributed by atoms with van der Waals surface area (Å²) in [5, 5.41) is 2.72. The van der Waals surface area contributed by atoms with Crippen molar-refractivity contribution >= 4 is 17.9 Å². The van der Waals surface area contributed by atoms with E-state index >= 15 is 0 Å². The van der Waals surface area contributed by atoms with E-state index in [0.717, 1.165) is 22.3 Å². The monoisotopic (exact) mass is 435 g/mol. The van der Waals surface area contributed by atoms with E-state index in [1.807, 2.05) is 74.5 Å². The minimum Gasteiger partial charge on any atom is -0.445 e. The van der Waals surface area contributed by atoms with Gasteiger partial charge in [-0.2, -0.15) is 0 Å². The van der Waals surface area contributed by atoms with Crippen LogP contribution in [0.15, 0.2) is 66.2 Å². The van der Waals surface area contributed by atoms with Crippen molar-refractivity contribution in [1.29, 1.82) is 0 Å². The van der Waals surface area contributed by atoms with Gasteiger partial charge in [0.2, 0.25) is 11.8 Å². The summed E-state index contributed by atoms with van der Waals surface area (Å²) in [4.78, 5) is 39.4. The maximum atomic E-state index is 13.2. The van der Waals surface area contributed by atoms with Gasteiger partial charge in [-0.1, -0.05) is 66.2 Å². The van der Waals surface area contributed by atoms with Crippen molar-refractivity contribution in [2.75, 3.05) is 0 Å². The second-order valence-corrected chi connectivity index (χ2v) is 8.14. The van der Waals surface area contributed by atoms with E-state index in [9.17, 15) is 14.4 Å². The molecule has 0 radical (unpaired) electrons. The fourth-order valence-corrected chi connectivity index (χ4v) is 3.62. The maximum Gasteiger partial charge on any atom is 0.411 e. The van der Waals surface area contributed by atoms with E-state index in [0.29, 0.717) is 12.8 Å². The molecule has 7 heteroatoms. The molecule has 3 amide bonds. The number of nitrogens with zero attached hydrogens (tertiary/aromatic N) is 1. The zero-order chi connectivity index (χ0) is 23.1. The first-order valence-electron chi connectivity index (χ1n) is 10.6. The Morgan fingerprint density at radius 3 is 2.41 bits per heavy atom. The zero-order valence-electron chi connectivity index (χ0n) is 18.4. The highest BCUT2D eigenvalue weighted by molar-refractivity contribution is 5.91. The minimum atomic E-state index is -0.850. The number of allylic oxidation sites excluding steroid dienone is 1. The number of fused-ring (bicyclic) bond motifs is 1. The van der Waals surface area contributed by atoms with Crippen LogP contribution in [0.3, 0.4) is 0 Å². The van der Waals surface area contributed by atoms with Crippen molar-refractivity contribution in [1.82, 2.24) is 10.2 Å². The highest BCUT2D eigenvalue weighted by atomic mass is 16.6. The topological polar surface area (TPSA) is 102 Å². The van der Waals surface area contributed by atoms with Gasteiger partial charge in [-0.05, 0) is 37.0 Å². The smallest absolute Gasteiger partial charge is 0.411 e. The van der Waals surface area contributed by atoms with Crippen LogP contribution >= 0.6 is 0 Å². The molecule has 2 atom stereocenters. The lowest BCUT2D eigenvalue weighted by molar-refractivity contribution is -0.131. The number of nitrogens with two attached hydrogens (primary N) is 1. The van der Waals surface area contributed by atoms with Gasteiger partial charge in [0.05, 0.1) is 6.54 Å². The summed E-state index contributed by atoms with van der Waals surface area (Å²) in [6, 6.07) is 15.4. The molecule has 32 heavy (non-hydrogen) atoms. The third-order valence-electron chi connectivity index (χ3n) is 5.41. The summed E-state index contributed by atoms with van der Waals surface area (Å²) in [5.74, 6) is -1.05. The van der Waals surface area contributed by atoms with Crippen LogP contribution in [0.4, 0.5) is 4.79 Å². The number of carbonyl (C=O) groups excluding carboxylic acids is 3. The Bertz CT molecular complexity index is 999. The number of hydrogen-bond donors (Lipinski definition) is 2. The standard InChI is InChI=1S/C25H29N3O4/c1-17(2)12-13-21(23(26)29)27-24(30)22-14-19-10-6-7-11-20(19)15-28(22)25(31)32-16-18-8-4-3-5-9-18/h3-12,21-22H,13-16H2,1-2H3,(H2,26,29)(H,27,30)/t21-,22-/m0/s1. The highest BCUT2D eigenvalue weighted by Gasteiger charge is 2.36. The van der Waals surface area contributed by atoms with E-state index in [-0.39, 0.29) is 13.2 Å². The number of carbonyl (C=O) groups is 3. The van der Waals surface area contributed by atoms with Crippen LogP contribution in [0, 0.1) is 0 Å². The van der Waals surface area contributed by atoms with Crippen molar-refractivity contribution in [3.05, 3.63) is 82.9 Å². The van der Waals surface area contributed by atoms with Gasteiger partial charge >= 0.3 is 6.09 Å². The lowest BCUT2D eigenvalue weighted by atomic mass is 9.93. The Morgan fingerprint density at radius 2 is 1.75 bits per heavy atom. The molecular weight excluding hydrogens is 406 g/mol. The molecule has 0 fully saturated rings. The number of amides is 3. The fraction of sp³-hybridized carbons (Fsp3) is 0.320. The fourth-order valence-electron chi connectivity index (χ4n) is 3.62. The van der Waals surface area contributed by atoms with Crippen molar-refractivity contribution in [2.24, 2.45) is 5.73 Å². The lowest BCUT2D eigenvalue weighted by Crippen LogP contribution is -2.56. The number of rotatable bonds is 7. The predicted octanol–water partition coefficient (Wildman–Crippen LogP) is 3.08. The first-order chi connectivity index (χ1) is 15.3. The summed E-state index contributed by atoms with van der Waals surface area (Å²) >= 11 is 0. The molecule has 0 saturated carbocycles. The molecular formula is C25H29N3O4. The molecule has 0 spiro atoms. The lowest BCUT2D eigenvalue weighted by Gasteiger charge is -2.35.